The highest BCUT2D eigenvalue weighted by Gasteiger charge is 2.35. The van der Waals surface area contributed by atoms with Crippen LogP contribution in [0.3, 0.4) is 0 Å². The Labute approximate surface area is 116 Å². The molecule has 0 aliphatic carbocycles. The molecule has 0 bridgehead atoms. The Morgan fingerprint density at radius 3 is 2.89 bits per heavy atom. The van der Waals surface area contributed by atoms with E-state index in [0.29, 0.717) is 30.2 Å². The number of halogens is 1. The van der Waals surface area contributed by atoms with E-state index in [2.05, 4.69) is 0 Å². The van der Waals surface area contributed by atoms with Gasteiger partial charge in [-0.3, -0.25) is 4.79 Å². The number of hydrogen-bond donors (Lipinski definition) is 1. The minimum Gasteiger partial charge on any atom is -0.480 e. The number of carbonyl (C=O) groups is 2. The number of amides is 1. The van der Waals surface area contributed by atoms with Crippen LogP contribution in [0.25, 0.3) is 0 Å². The lowest BCUT2D eigenvalue weighted by molar-refractivity contribution is -0.141. The second-order valence-corrected chi connectivity index (χ2v) is 5.17. The molecule has 0 saturated carbocycles. The third kappa shape index (κ3) is 2.76. The highest BCUT2D eigenvalue weighted by molar-refractivity contribution is 6.31. The van der Waals surface area contributed by atoms with Gasteiger partial charge < -0.3 is 14.6 Å². The largest absolute Gasteiger partial charge is 0.480 e. The van der Waals surface area contributed by atoms with Gasteiger partial charge in [0.05, 0.1) is 5.02 Å². The van der Waals surface area contributed by atoms with Crippen LogP contribution in [-0.2, 0) is 11.3 Å². The molecule has 6 heteroatoms. The molecule has 0 unspecified atom stereocenters. The van der Waals surface area contributed by atoms with Crippen molar-refractivity contribution in [3.8, 4) is 0 Å². The van der Waals surface area contributed by atoms with Crippen molar-refractivity contribution in [3.05, 3.63) is 23.0 Å². The lowest BCUT2D eigenvalue weighted by Crippen LogP contribution is -2.41. The molecule has 1 saturated heterocycles. The molecule has 1 aromatic rings. The van der Waals surface area contributed by atoms with E-state index in [4.69, 9.17) is 16.7 Å². The zero-order valence-corrected chi connectivity index (χ0v) is 11.6. The number of aryl methyl sites for hydroxylation is 1. The molecule has 2 rings (SSSR count). The normalized spacial score (nSPS) is 18.8. The number of nitrogens with zero attached hydrogens (tertiary/aromatic N) is 2. The van der Waals surface area contributed by atoms with Crippen molar-refractivity contribution in [2.75, 3.05) is 6.54 Å². The summed E-state index contributed by atoms with van der Waals surface area (Å²) in [6.45, 7) is 3.20. The molecule has 1 aromatic heterocycles. The fourth-order valence-electron chi connectivity index (χ4n) is 2.49. The maximum absolute atomic E-state index is 12.5. The molecule has 0 spiro atoms. The van der Waals surface area contributed by atoms with E-state index in [0.717, 1.165) is 12.8 Å². The first-order valence-electron chi connectivity index (χ1n) is 6.44. The van der Waals surface area contributed by atoms with Gasteiger partial charge in [-0.15, -0.1) is 0 Å². The van der Waals surface area contributed by atoms with Crippen molar-refractivity contribution >= 4 is 23.5 Å². The van der Waals surface area contributed by atoms with Gasteiger partial charge in [-0.25, -0.2) is 4.79 Å². The van der Waals surface area contributed by atoms with E-state index in [-0.39, 0.29) is 5.91 Å². The van der Waals surface area contributed by atoms with Crippen molar-refractivity contribution < 1.29 is 14.7 Å². The predicted molar refractivity (Wildman–Crippen MR) is 71.4 cm³/mol. The highest BCUT2D eigenvalue weighted by atomic mass is 35.5. The molecule has 1 aliphatic heterocycles. The Kier molecular flexibility index (Phi) is 4.14. The quantitative estimate of drug-likeness (QED) is 0.922. The molecule has 1 atom stereocenters. The summed E-state index contributed by atoms with van der Waals surface area (Å²) in [5.74, 6) is -1.18. The van der Waals surface area contributed by atoms with Crippen LogP contribution in [0.5, 0.6) is 0 Å². The molecule has 1 amide bonds. The highest BCUT2D eigenvalue weighted by Crippen LogP contribution is 2.23. The van der Waals surface area contributed by atoms with Crippen molar-refractivity contribution in [2.24, 2.45) is 0 Å². The van der Waals surface area contributed by atoms with E-state index < -0.39 is 12.0 Å². The smallest absolute Gasteiger partial charge is 0.326 e. The molecule has 5 nitrogen and oxygen atoms in total. The van der Waals surface area contributed by atoms with Crippen molar-refractivity contribution in [1.29, 1.82) is 0 Å². The third-order valence-electron chi connectivity index (χ3n) is 3.35. The van der Waals surface area contributed by atoms with Gasteiger partial charge in [-0.05, 0) is 25.3 Å². The summed E-state index contributed by atoms with van der Waals surface area (Å²) in [4.78, 5) is 25.0. The molecule has 1 aliphatic rings. The van der Waals surface area contributed by atoms with Crippen molar-refractivity contribution in [1.82, 2.24) is 9.47 Å². The Bertz CT molecular complexity index is 498. The molecule has 1 fully saturated rings. The van der Waals surface area contributed by atoms with Gasteiger partial charge in [0.1, 0.15) is 11.7 Å². The van der Waals surface area contributed by atoms with Gasteiger partial charge in [0.2, 0.25) is 0 Å². The average Bonchev–Trinajstić information content (AvgIpc) is 2.95. The van der Waals surface area contributed by atoms with E-state index in [9.17, 15) is 9.59 Å². The number of carboxylic acids is 1. The maximum Gasteiger partial charge on any atom is 0.326 e. The van der Waals surface area contributed by atoms with Crippen LogP contribution in [0.4, 0.5) is 0 Å². The lowest BCUT2D eigenvalue weighted by atomic mass is 10.2. The Hall–Kier alpha value is -1.49. The molecular formula is C13H17ClN2O3. The van der Waals surface area contributed by atoms with Crippen LogP contribution in [0.1, 0.15) is 36.7 Å². The van der Waals surface area contributed by atoms with Gasteiger partial charge in [0.25, 0.3) is 5.91 Å². The van der Waals surface area contributed by atoms with Crippen LogP contribution in [0.15, 0.2) is 12.3 Å². The number of likely N-dealkylation sites (tertiary alicyclic amines) is 1. The minimum absolute atomic E-state index is 0.245. The predicted octanol–water partition coefficient (Wildman–Crippen LogP) is 2.24. The molecule has 104 valence electrons. The summed E-state index contributed by atoms with van der Waals surface area (Å²) in [6.07, 6.45) is 3.84. The Morgan fingerprint density at radius 1 is 1.53 bits per heavy atom. The topological polar surface area (TPSA) is 62.5 Å². The monoisotopic (exact) mass is 284 g/mol. The van der Waals surface area contributed by atoms with Crippen LogP contribution in [0, 0.1) is 0 Å². The number of aliphatic carboxylic acids is 1. The zero-order chi connectivity index (χ0) is 14.0. The van der Waals surface area contributed by atoms with Gasteiger partial charge in [0, 0.05) is 19.3 Å². The van der Waals surface area contributed by atoms with E-state index in [1.165, 1.54) is 4.90 Å². The van der Waals surface area contributed by atoms with Crippen LogP contribution in [-0.4, -0.2) is 39.0 Å². The number of rotatable bonds is 4. The lowest BCUT2D eigenvalue weighted by Gasteiger charge is -2.22. The second kappa shape index (κ2) is 5.65. The molecule has 0 radical (unpaired) electrons. The standard InChI is InChI=1S/C13H17ClN2O3/c1-2-5-15-8-9(14)7-11(15)12(17)16-6-3-4-10(16)13(18)19/h7-8,10H,2-6H2,1H3,(H,18,19)/t10-/m0/s1. The van der Waals surface area contributed by atoms with Crippen molar-refractivity contribution in [3.63, 3.8) is 0 Å². The Balaban J connectivity index is 2.26. The first kappa shape index (κ1) is 13.9. The first-order valence-corrected chi connectivity index (χ1v) is 6.81. The minimum atomic E-state index is -0.939. The third-order valence-corrected chi connectivity index (χ3v) is 3.55. The van der Waals surface area contributed by atoms with E-state index in [1.54, 1.807) is 16.8 Å². The average molecular weight is 285 g/mol. The zero-order valence-electron chi connectivity index (χ0n) is 10.8. The molecule has 2 heterocycles. The fraction of sp³-hybridized carbons (Fsp3) is 0.538. The summed E-state index contributed by atoms with van der Waals surface area (Å²) in [6, 6.07) is 0.896. The molecule has 19 heavy (non-hydrogen) atoms. The van der Waals surface area contributed by atoms with E-state index in [1.807, 2.05) is 6.92 Å². The molecular weight excluding hydrogens is 268 g/mol. The van der Waals surface area contributed by atoms with Gasteiger partial charge in [-0.2, -0.15) is 0 Å². The number of hydrogen-bond acceptors (Lipinski definition) is 2. The number of aromatic nitrogens is 1. The first-order chi connectivity index (χ1) is 9.04. The molecule has 1 N–H and O–H groups in total. The second-order valence-electron chi connectivity index (χ2n) is 4.73. The SMILES string of the molecule is CCCn1cc(Cl)cc1C(=O)N1CCC[C@H]1C(=O)O. The fourth-order valence-corrected chi connectivity index (χ4v) is 2.71. The van der Waals surface area contributed by atoms with Gasteiger partial charge >= 0.3 is 5.97 Å². The van der Waals surface area contributed by atoms with Crippen LogP contribution < -0.4 is 0 Å². The van der Waals surface area contributed by atoms with Gasteiger partial charge in [-0.1, -0.05) is 18.5 Å². The summed E-state index contributed by atoms with van der Waals surface area (Å²) >= 11 is 5.94. The summed E-state index contributed by atoms with van der Waals surface area (Å²) in [5.41, 5.74) is 0.472. The van der Waals surface area contributed by atoms with Crippen molar-refractivity contribution in [2.45, 2.75) is 38.8 Å². The van der Waals surface area contributed by atoms with Crippen LogP contribution in [0.2, 0.25) is 5.02 Å². The van der Waals surface area contributed by atoms with Gasteiger partial charge in [0.15, 0.2) is 0 Å². The molecule has 0 aromatic carbocycles. The maximum atomic E-state index is 12.5. The Morgan fingerprint density at radius 2 is 2.26 bits per heavy atom. The number of carbonyl (C=O) groups excluding carboxylic acids is 1. The summed E-state index contributed by atoms with van der Waals surface area (Å²) < 4.78 is 1.79. The number of carboxylic acid groups (broad SMARTS) is 1. The van der Waals surface area contributed by atoms with Crippen LogP contribution >= 0.6 is 11.6 Å². The summed E-state index contributed by atoms with van der Waals surface area (Å²) in [5, 5.41) is 9.63. The van der Waals surface area contributed by atoms with E-state index >= 15 is 0 Å². The summed E-state index contributed by atoms with van der Waals surface area (Å²) in [7, 11) is 0.